The van der Waals surface area contributed by atoms with Gasteiger partial charge in [0.15, 0.2) is 0 Å². The van der Waals surface area contributed by atoms with Crippen LogP contribution in [0.2, 0.25) is 0 Å². The molecule has 33 heavy (non-hydrogen) atoms. The Balaban J connectivity index is 1.45. The quantitative estimate of drug-likeness (QED) is 0.334. The van der Waals surface area contributed by atoms with Crippen LogP contribution >= 0.6 is 0 Å². The Morgan fingerprint density at radius 2 is 1.64 bits per heavy atom. The Bertz CT molecular complexity index is 1060. The number of unbranched alkanes of at least 4 members (excludes halogenated alkanes) is 1. The van der Waals surface area contributed by atoms with Crippen LogP contribution in [0.4, 0.5) is 11.4 Å². The summed E-state index contributed by atoms with van der Waals surface area (Å²) in [7, 11) is 0. The molecule has 0 saturated carbocycles. The molecule has 8 heteroatoms. The second kappa shape index (κ2) is 12.1. The van der Waals surface area contributed by atoms with Gasteiger partial charge in [-0.2, -0.15) is 0 Å². The highest BCUT2D eigenvalue weighted by molar-refractivity contribution is 5.97. The molecule has 0 aliphatic heterocycles. The third kappa shape index (κ3) is 7.53. The molecule has 0 atom stereocenters. The molecule has 2 aromatic carbocycles. The molecule has 4 N–H and O–H groups in total. The molecule has 1 aromatic heterocycles. The zero-order chi connectivity index (χ0) is 23.5. The second-order valence-electron chi connectivity index (χ2n) is 7.43. The molecule has 1 heterocycles. The standard InChI is InChI=1S/C25H28N4O4/c1-2-3-13-26-25(32)19-6-4-7-21(15-19)27-17-23(30)29-20-11-9-18(10-12-20)24(31)28-16-22-8-5-14-33-22/h4-12,14-15,27H,2-3,13,16-17H2,1H3,(H,26,32)(H,28,31)(H,29,30). The van der Waals surface area contributed by atoms with Gasteiger partial charge < -0.3 is 25.7 Å². The third-order valence-corrected chi connectivity index (χ3v) is 4.83. The van der Waals surface area contributed by atoms with Crippen molar-refractivity contribution in [2.24, 2.45) is 0 Å². The Morgan fingerprint density at radius 3 is 2.36 bits per heavy atom. The molecule has 0 spiro atoms. The van der Waals surface area contributed by atoms with Gasteiger partial charge in [-0.05, 0) is 61.0 Å². The molecule has 172 valence electrons. The number of benzene rings is 2. The van der Waals surface area contributed by atoms with Crippen LogP contribution in [0.15, 0.2) is 71.3 Å². The van der Waals surface area contributed by atoms with Gasteiger partial charge in [-0.15, -0.1) is 0 Å². The van der Waals surface area contributed by atoms with E-state index in [9.17, 15) is 14.4 Å². The topological polar surface area (TPSA) is 112 Å². The molecular weight excluding hydrogens is 420 g/mol. The van der Waals surface area contributed by atoms with E-state index in [0.717, 1.165) is 12.8 Å². The van der Waals surface area contributed by atoms with Crippen molar-refractivity contribution in [3.63, 3.8) is 0 Å². The van der Waals surface area contributed by atoms with Crippen LogP contribution in [0.3, 0.4) is 0 Å². The van der Waals surface area contributed by atoms with Crippen molar-refractivity contribution in [2.75, 3.05) is 23.7 Å². The summed E-state index contributed by atoms with van der Waals surface area (Å²) in [5.74, 6) is 0.0552. The van der Waals surface area contributed by atoms with Gasteiger partial charge >= 0.3 is 0 Å². The minimum Gasteiger partial charge on any atom is -0.467 e. The van der Waals surface area contributed by atoms with E-state index < -0.39 is 0 Å². The van der Waals surface area contributed by atoms with Gasteiger partial charge in [0, 0.05) is 29.0 Å². The predicted octanol–water partition coefficient (Wildman–Crippen LogP) is 3.79. The average molecular weight is 449 g/mol. The Hall–Kier alpha value is -4.07. The van der Waals surface area contributed by atoms with Gasteiger partial charge in [0.25, 0.3) is 11.8 Å². The highest BCUT2D eigenvalue weighted by Crippen LogP contribution is 2.12. The highest BCUT2D eigenvalue weighted by atomic mass is 16.3. The van der Waals surface area contributed by atoms with E-state index in [1.807, 2.05) is 0 Å². The van der Waals surface area contributed by atoms with E-state index in [1.165, 1.54) is 0 Å². The first-order valence-corrected chi connectivity index (χ1v) is 10.9. The molecule has 0 bridgehead atoms. The van der Waals surface area contributed by atoms with Crippen molar-refractivity contribution in [3.05, 3.63) is 83.8 Å². The summed E-state index contributed by atoms with van der Waals surface area (Å²) in [6.07, 6.45) is 3.50. The summed E-state index contributed by atoms with van der Waals surface area (Å²) in [5.41, 5.74) is 2.27. The van der Waals surface area contributed by atoms with Gasteiger partial charge in [-0.3, -0.25) is 14.4 Å². The number of furan rings is 1. The lowest BCUT2D eigenvalue weighted by Crippen LogP contribution is -2.25. The Morgan fingerprint density at radius 1 is 0.848 bits per heavy atom. The summed E-state index contributed by atoms with van der Waals surface area (Å²) in [6.45, 7) is 3.04. The second-order valence-corrected chi connectivity index (χ2v) is 7.43. The van der Waals surface area contributed by atoms with Crippen molar-refractivity contribution in [1.82, 2.24) is 10.6 Å². The fourth-order valence-corrected chi connectivity index (χ4v) is 3.03. The van der Waals surface area contributed by atoms with Crippen molar-refractivity contribution in [1.29, 1.82) is 0 Å². The fraction of sp³-hybridized carbons (Fsp3) is 0.240. The van der Waals surface area contributed by atoms with Crippen LogP contribution < -0.4 is 21.3 Å². The molecule has 3 rings (SSSR count). The number of nitrogens with one attached hydrogen (secondary N) is 4. The van der Waals surface area contributed by atoms with Gasteiger partial charge in [0.1, 0.15) is 5.76 Å². The maximum atomic E-state index is 12.3. The molecule has 0 aliphatic rings. The summed E-state index contributed by atoms with van der Waals surface area (Å²) >= 11 is 0. The lowest BCUT2D eigenvalue weighted by molar-refractivity contribution is -0.114. The van der Waals surface area contributed by atoms with E-state index in [4.69, 9.17) is 4.42 Å². The molecule has 8 nitrogen and oxygen atoms in total. The molecule has 3 amide bonds. The lowest BCUT2D eigenvalue weighted by Gasteiger charge is -2.10. The van der Waals surface area contributed by atoms with Crippen molar-refractivity contribution in [3.8, 4) is 0 Å². The molecule has 3 aromatic rings. The number of carbonyl (C=O) groups excluding carboxylic acids is 3. The zero-order valence-electron chi connectivity index (χ0n) is 18.5. The average Bonchev–Trinajstić information content (AvgIpc) is 3.36. The molecule has 0 unspecified atom stereocenters. The number of hydrogen-bond donors (Lipinski definition) is 4. The van der Waals surface area contributed by atoms with Gasteiger partial charge in [0.2, 0.25) is 5.91 Å². The first-order chi connectivity index (χ1) is 16.0. The van der Waals surface area contributed by atoms with Gasteiger partial charge in [-0.1, -0.05) is 19.4 Å². The van der Waals surface area contributed by atoms with Gasteiger partial charge in [-0.25, -0.2) is 0 Å². The van der Waals surface area contributed by atoms with E-state index in [2.05, 4.69) is 28.2 Å². The van der Waals surface area contributed by atoms with E-state index in [-0.39, 0.29) is 24.3 Å². The normalized spacial score (nSPS) is 10.3. The molecule has 0 aliphatic carbocycles. The van der Waals surface area contributed by atoms with Crippen molar-refractivity contribution in [2.45, 2.75) is 26.3 Å². The predicted molar refractivity (Wildman–Crippen MR) is 127 cm³/mol. The first-order valence-electron chi connectivity index (χ1n) is 10.9. The number of anilines is 2. The first kappa shape index (κ1) is 23.6. The zero-order valence-corrected chi connectivity index (χ0v) is 18.5. The highest BCUT2D eigenvalue weighted by Gasteiger charge is 2.09. The molecule has 0 radical (unpaired) electrons. The minimum atomic E-state index is -0.247. The van der Waals surface area contributed by atoms with Crippen molar-refractivity contribution >= 4 is 29.1 Å². The van der Waals surface area contributed by atoms with Crippen LogP contribution in [-0.4, -0.2) is 30.8 Å². The smallest absolute Gasteiger partial charge is 0.251 e. The third-order valence-electron chi connectivity index (χ3n) is 4.83. The Labute approximate surface area is 192 Å². The summed E-state index contributed by atoms with van der Waals surface area (Å²) in [4.78, 5) is 36.7. The van der Waals surface area contributed by atoms with Gasteiger partial charge in [0.05, 0.1) is 19.4 Å². The summed E-state index contributed by atoms with van der Waals surface area (Å²) < 4.78 is 5.19. The van der Waals surface area contributed by atoms with Crippen LogP contribution in [0.25, 0.3) is 0 Å². The number of carbonyl (C=O) groups is 3. The van der Waals surface area contributed by atoms with E-state index in [0.29, 0.717) is 41.4 Å². The number of rotatable bonds is 11. The monoisotopic (exact) mass is 448 g/mol. The van der Waals surface area contributed by atoms with Crippen LogP contribution in [0.1, 0.15) is 46.2 Å². The maximum Gasteiger partial charge on any atom is 0.251 e. The van der Waals surface area contributed by atoms with Crippen LogP contribution in [0.5, 0.6) is 0 Å². The fourth-order valence-electron chi connectivity index (χ4n) is 3.03. The molecular formula is C25H28N4O4. The summed E-state index contributed by atoms with van der Waals surface area (Å²) in [6, 6.07) is 17.2. The minimum absolute atomic E-state index is 0.0340. The summed E-state index contributed by atoms with van der Waals surface area (Å²) in [5, 5.41) is 11.4. The number of amides is 3. The number of hydrogen-bond acceptors (Lipinski definition) is 5. The Kier molecular flexibility index (Phi) is 8.64. The van der Waals surface area contributed by atoms with Crippen LogP contribution in [0, 0.1) is 0 Å². The largest absolute Gasteiger partial charge is 0.467 e. The molecule has 0 fully saturated rings. The maximum absolute atomic E-state index is 12.3. The lowest BCUT2D eigenvalue weighted by atomic mass is 10.2. The SMILES string of the molecule is CCCCNC(=O)c1cccc(NCC(=O)Nc2ccc(C(=O)NCc3ccco3)cc2)c1. The van der Waals surface area contributed by atoms with Crippen molar-refractivity contribution < 1.29 is 18.8 Å². The van der Waals surface area contributed by atoms with E-state index >= 15 is 0 Å². The molecule has 0 saturated heterocycles. The van der Waals surface area contributed by atoms with E-state index in [1.54, 1.807) is 66.9 Å². The van der Waals surface area contributed by atoms with Crippen LogP contribution in [-0.2, 0) is 11.3 Å².